The Hall–Kier alpha value is -1.09. The van der Waals surface area contributed by atoms with Gasteiger partial charge in [-0.05, 0) is 22.0 Å². The molecule has 2 aliphatic rings. The van der Waals surface area contributed by atoms with E-state index in [0.717, 1.165) is 12.8 Å². The van der Waals surface area contributed by atoms with Crippen molar-refractivity contribution in [3.05, 3.63) is 122 Å². The normalized spacial score (nSPS) is 13.6. The summed E-state index contributed by atoms with van der Waals surface area (Å²) >= 11 is 2.03. The van der Waals surface area contributed by atoms with E-state index in [0.29, 0.717) is 0 Å². The molecule has 0 radical (unpaired) electrons. The van der Waals surface area contributed by atoms with Crippen LogP contribution in [0.1, 0.15) is 65.5 Å². The van der Waals surface area contributed by atoms with E-state index < -0.39 is 0 Å². The Kier molecular flexibility index (Phi) is 19.9. The van der Waals surface area contributed by atoms with Gasteiger partial charge >= 0.3 is 26.8 Å². The van der Waals surface area contributed by atoms with Crippen LogP contribution in [0.15, 0.2) is 84.0 Å². The van der Waals surface area contributed by atoms with Gasteiger partial charge in [0.15, 0.2) is 0 Å². The molecule has 0 nitrogen and oxygen atoms in total. The second-order valence-corrected chi connectivity index (χ2v) is 10.1. The van der Waals surface area contributed by atoms with Crippen LogP contribution in [0, 0.1) is 37.8 Å². The molecule has 0 saturated heterocycles. The van der Waals surface area contributed by atoms with Crippen molar-refractivity contribution in [1.82, 2.24) is 0 Å². The molecular weight excluding hydrogens is 531 g/mol. The quantitative estimate of drug-likeness (QED) is 0.247. The SMILES string of the molecule is CC(C)(C)C1=[C-]CC(c2ccccc2)=C1.CC(C)(C)C1=[C-]CC(c2ccccc2)=C1.Cl.Cl.[CH3-].[CH3-].[SiH2]=[Ti]. The molecule has 0 unspecified atom stereocenters. The number of allylic oxidation sites excluding steroid dienone is 8. The van der Waals surface area contributed by atoms with Crippen molar-refractivity contribution in [2.45, 2.75) is 54.4 Å². The van der Waals surface area contributed by atoms with Crippen molar-refractivity contribution >= 4 is 43.6 Å². The molecule has 198 valence electrons. The standard InChI is InChI=1S/2C15H17.2CH3.2ClH.H2Si.Ti/c2*1-15(2,3)14-10-9-13(11-14)12-7-5-4-6-8-12;;;;;;/h2*4-8,11H,9H2,1-3H3;2*1H3;2*1H;1H2;/q4*-1;;;;. The van der Waals surface area contributed by atoms with Crippen LogP contribution in [0.25, 0.3) is 11.1 Å². The summed E-state index contributed by atoms with van der Waals surface area (Å²) < 4.78 is 0. The fraction of sp³-hybridized carbons (Fsp3) is 0.312. The van der Waals surface area contributed by atoms with Crippen LogP contribution in [0.5, 0.6) is 0 Å². The van der Waals surface area contributed by atoms with Crippen molar-refractivity contribution in [3.63, 3.8) is 0 Å². The third-order valence-corrected chi connectivity index (χ3v) is 5.48. The van der Waals surface area contributed by atoms with Crippen LogP contribution in [0.3, 0.4) is 0 Å². The second kappa shape index (κ2) is 18.2. The maximum atomic E-state index is 3.47. The van der Waals surface area contributed by atoms with E-state index in [4.69, 9.17) is 0 Å². The van der Waals surface area contributed by atoms with E-state index in [1.165, 1.54) is 33.4 Å². The summed E-state index contributed by atoms with van der Waals surface area (Å²) in [5, 5.41) is 0. The molecule has 0 atom stereocenters. The molecule has 0 saturated carbocycles. The molecule has 0 fully saturated rings. The predicted octanol–water partition coefficient (Wildman–Crippen LogP) is 9.32. The number of rotatable bonds is 2. The molecule has 0 aliphatic heterocycles. The number of hydrogen-bond donors (Lipinski definition) is 0. The van der Waals surface area contributed by atoms with Gasteiger partial charge in [0.05, 0.1) is 0 Å². The first-order valence-electron chi connectivity index (χ1n) is 11.2. The van der Waals surface area contributed by atoms with Crippen molar-refractivity contribution < 1.29 is 19.2 Å². The number of benzene rings is 2. The van der Waals surface area contributed by atoms with Gasteiger partial charge in [-0.2, -0.15) is 0 Å². The summed E-state index contributed by atoms with van der Waals surface area (Å²) in [6.45, 7) is 13.4. The van der Waals surface area contributed by atoms with Crippen molar-refractivity contribution in [2.75, 3.05) is 0 Å². The van der Waals surface area contributed by atoms with E-state index >= 15 is 0 Å². The van der Waals surface area contributed by atoms with E-state index in [1.54, 1.807) is 0 Å². The van der Waals surface area contributed by atoms with Gasteiger partial charge in [-0.3, -0.25) is 12.2 Å². The molecule has 2 aliphatic carbocycles. The monoisotopic (exact) mass is 574 g/mol. The van der Waals surface area contributed by atoms with Crippen LogP contribution in [-0.4, -0.2) is 7.63 Å². The predicted molar refractivity (Wildman–Crippen MR) is 166 cm³/mol. The van der Waals surface area contributed by atoms with Crippen LogP contribution < -0.4 is 0 Å². The molecule has 2 aromatic rings. The molecule has 0 N–H and O–H groups in total. The van der Waals surface area contributed by atoms with E-state index in [2.05, 4.69) is 127 Å². The summed E-state index contributed by atoms with van der Waals surface area (Å²) in [7, 11) is 1.86. The Morgan fingerprint density at radius 1 is 0.583 bits per heavy atom. The fourth-order valence-corrected chi connectivity index (χ4v) is 3.57. The van der Waals surface area contributed by atoms with Gasteiger partial charge in [0, 0.05) is 0 Å². The first kappa shape index (κ1) is 39.4. The average Bonchev–Trinajstić information content (AvgIpc) is 3.47. The van der Waals surface area contributed by atoms with Gasteiger partial charge in [-0.15, -0.1) is 48.8 Å². The molecular formula is C32H44Cl2SiTi-4. The Balaban J connectivity index is -0.000000513. The third kappa shape index (κ3) is 12.0. The Morgan fingerprint density at radius 2 is 0.861 bits per heavy atom. The zero-order valence-electron chi connectivity index (χ0n) is 23.4. The van der Waals surface area contributed by atoms with Gasteiger partial charge in [0.25, 0.3) is 0 Å². The van der Waals surface area contributed by atoms with Gasteiger partial charge in [-0.25, -0.2) is 23.3 Å². The van der Waals surface area contributed by atoms with Gasteiger partial charge in [0.2, 0.25) is 0 Å². The third-order valence-electron chi connectivity index (χ3n) is 5.48. The number of halogens is 2. The topological polar surface area (TPSA) is 0 Å². The summed E-state index contributed by atoms with van der Waals surface area (Å²) in [5.74, 6) is 0. The van der Waals surface area contributed by atoms with E-state index in [9.17, 15) is 0 Å². The van der Waals surface area contributed by atoms with E-state index in [1.807, 2.05) is 26.8 Å². The second-order valence-electron chi connectivity index (χ2n) is 10.1. The minimum absolute atomic E-state index is 0. The van der Waals surface area contributed by atoms with Gasteiger partial charge in [0.1, 0.15) is 0 Å². The molecule has 4 heteroatoms. The van der Waals surface area contributed by atoms with Crippen LogP contribution >= 0.6 is 24.8 Å². The summed E-state index contributed by atoms with van der Waals surface area (Å²) in [5.41, 5.74) is 8.53. The Bertz CT molecular complexity index is 922. The molecule has 4 rings (SSSR count). The summed E-state index contributed by atoms with van der Waals surface area (Å²) in [4.78, 5) is 0. The number of hydrogen-bond acceptors (Lipinski definition) is 0. The maximum absolute atomic E-state index is 3.47. The molecule has 0 aromatic heterocycles. The molecule has 36 heavy (non-hydrogen) atoms. The van der Waals surface area contributed by atoms with E-state index in [-0.39, 0.29) is 50.5 Å². The van der Waals surface area contributed by atoms with Crippen molar-refractivity contribution in [3.8, 4) is 0 Å². The summed E-state index contributed by atoms with van der Waals surface area (Å²) in [6.07, 6.45) is 13.4. The zero-order valence-corrected chi connectivity index (χ0v) is 28.0. The van der Waals surface area contributed by atoms with Crippen molar-refractivity contribution in [2.24, 2.45) is 10.8 Å². The molecule has 0 spiro atoms. The zero-order chi connectivity index (χ0) is 23.8. The first-order valence-corrected chi connectivity index (χ1v) is 15.3. The Morgan fingerprint density at radius 3 is 1.08 bits per heavy atom. The minimum atomic E-state index is 0. The molecule has 0 bridgehead atoms. The molecule has 0 heterocycles. The van der Waals surface area contributed by atoms with Crippen LogP contribution in [-0.2, 0) is 19.2 Å². The fourth-order valence-electron chi connectivity index (χ4n) is 3.57. The van der Waals surface area contributed by atoms with Crippen molar-refractivity contribution in [1.29, 1.82) is 0 Å². The van der Waals surface area contributed by atoms with Gasteiger partial charge < -0.3 is 14.9 Å². The summed E-state index contributed by atoms with van der Waals surface area (Å²) in [6, 6.07) is 21.1. The van der Waals surface area contributed by atoms with Crippen LogP contribution in [0.2, 0.25) is 0 Å². The van der Waals surface area contributed by atoms with Crippen LogP contribution in [0.4, 0.5) is 0 Å². The molecule has 2 aromatic carbocycles. The first-order chi connectivity index (χ1) is 15.1. The average molecular weight is 576 g/mol. The Labute approximate surface area is 248 Å². The molecule has 0 amide bonds. The van der Waals surface area contributed by atoms with Gasteiger partial charge in [-0.1, -0.05) is 102 Å².